The standard InChI is InChI=1S/C13H20O2/c1-11-5-6-13(12(2)9-11)10-15-8-4-3-7-14/h5-6,9,14H,3-4,7-8,10H2,1-2H3. The maximum Gasteiger partial charge on any atom is 0.0719 e. The first-order chi connectivity index (χ1) is 7.24. The maximum absolute atomic E-state index is 8.60. The molecule has 0 spiro atoms. The van der Waals surface area contributed by atoms with Gasteiger partial charge in [-0.05, 0) is 37.8 Å². The lowest BCUT2D eigenvalue weighted by atomic mass is 10.1. The lowest BCUT2D eigenvalue weighted by molar-refractivity contribution is 0.112. The van der Waals surface area contributed by atoms with E-state index < -0.39 is 0 Å². The van der Waals surface area contributed by atoms with Gasteiger partial charge in [-0.3, -0.25) is 0 Å². The molecule has 0 saturated heterocycles. The zero-order valence-corrected chi connectivity index (χ0v) is 9.62. The van der Waals surface area contributed by atoms with Gasteiger partial charge in [-0.15, -0.1) is 0 Å². The lowest BCUT2D eigenvalue weighted by Gasteiger charge is -2.07. The summed E-state index contributed by atoms with van der Waals surface area (Å²) in [6, 6.07) is 6.41. The van der Waals surface area contributed by atoms with E-state index in [1.165, 1.54) is 16.7 Å². The molecule has 0 bridgehead atoms. The van der Waals surface area contributed by atoms with Crippen LogP contribution in [0.3, 0.4) is 0 Å². The van der Waals surface area contributed by atoms with Crippen molar-refractivity contribution in [1.82, 2.24) is 0 Å². The first-order valence-electron chi connectivity index (χ1n) is 5.49. The van der Waals surface area contributed by atoms with Gasteiger partial charge < -0.3 is 9.84 Å². The minimum Gasteiger partial charge on any atom is -0.396 e. The van der Waals surface area contributed by atoms with E-state index in [9.17, 15) is 0 Å². The normalized spacial score (nSPS) is 10.6. The molecule has 0 amide bonds. The lowest BCUT2D eigenvalue weighted by Crippen LogP contribution is -1.98. The van der Waals surface area contributed by atoms with E-state index in [4.69, 9.17) is 9.84 Å². The Morgan fingerprint density at radius 1 is 1.20 bits per heavy atom. The summed E-state index contributed by atoms with van der Waals surface area (Å²) < 4.78 is 5.53. The zero-order chi connectivity index (χ0) is 11.1. The molecule has 0 atom stereocenters. The highest BCUT2D eigenvalue weighted by Gasteiger charge is 1.98. The number of hydrogen-bond acceptors (Lipinski definition) is 2. The summed E-state index contributed by atoms with van der Waals surface area (Å²) in [7, 11) is 0. The molecule has 0 heterocycles. The van der Waals surface area contributed by atoms with Crippen molar-refractivity contribution in [3.63, 3.8) is 0 Å². The van der Waals surface area contributed by atoms with Gasteiger partial charge in [-0.2, -0.15) is 0 Å². The van der Waals surface area contributed by atoms with E-state index >= 15 is 0 Å². The summed E-state index contributed by atoms with van der Waals surface area (Å²) in [6.07, 6.45) is 1.76. The molecule has 0 saturated carbocycles. The Kier molecular flexibility index (Phi) is 5.37. The van der Waals surface area contributed by atoms with E-state index in [0.717, 1.165) is 19.4 Å². The van der Waals surface area contributed by atoms with Crippen LogP contribution in [-0.2, 0) is 11.3 Å². The second-order valence-corrected chi connectivity index (χ2v) is 3.91. The molecule has 0 radical (unpaired) electrons. The van der Waals surface area contributed by atoms with E-state index in [2.05, 4.69) is 32.0 Å². The molecule has 2 nitrogen and oxygen atoms in total. The molecule has 0 fully saturated rings. The summed E-state index contributed by atoms with van der Waals surface area (Å²) in [5.74, 6) is 0. The molecule has 0 aromatic heterocycles. The minimum absolute atomic E-state index is 0.257. The average molecular weight is 208 g/mol. The van der Waals surface area contributed by atoms with Crippen LogP contribution in [-0.4, -0.2) is 18.3 Å². The Hall–Kier alpha value is -0.860. The number of aliphatic hydroxyl groups is 1. The highest BCUT2D eigenvalue weighted by atomic mass is 16.5. The number of aryl methyl sites for hydroxylation is 2. The average Bonchev–Trinajstić information content (AvgIpc) is 2.20. The molecule has 0 aliphatic carbocycles. The fourth-order valence-electron chi connectivity index (χ4n) is 1.51. The van der Waals surface area contributed by atoms with Crippen molar-refractivity contribution in [2.24, 2.45) is 0 Å². The van der Waals surface area contributed by atoms with E-state index in [1.54, 1.807) is 0 Å². The van der Waals surface area contributed by atoms with Gasteiger partial charge in [0.05, 0.1) is 6.61 Å². The van der Waals surface area contributed by atoms with Gasteiger partial charge in [0.15, 0.2) is 0 Å². The van der Waals surface area contributed by atoms with E-state index in [-0.39, 0.29) is 6.61 Å². The number of hydrogen-bond donors (Lipinski definition) is 1. The van der Waals surface area contributed by atoms with Crippen molar-refractivity contribution in [3.8, 4) is 0 Å². The first-order valence-corrected chi connectivity index (χ1v) is 5.49. The molecule has 0 aliphatic rings. The number of aliphatic hydroxyl groups excluding tert-OH is 1. The largest absolute Gasteiger partial charge is 0.396 e. The fraction of sp³-hybridized carbons (Fsp3) is 0.538. The second-order valence-electron chi connectivity index (χ2n) is 3.91. The van der Waals surface area contributed by atoms with E-state index in [0.29, 0.717) is 6.61 Å². The van der Waals surface area contributed by atoms with E-state index in [1.807, 2.05) is 0 Å². The molecule has 1 rings (SSSR count). The molecule has 15 heavy (non-hydrogen) atoms. The molecule has 1 aromatic rings. The number of ether oxygens (including phenoxy) is 1. The van der Waals surface area contributed by atoms with Crippen LogP contribution >= 0.6 is 0 Å². The van der Waals surface area contributed by atoms with Crippen LogP contribution in [0.5, 0.6) is 0 Å². The Morgan fingerprint density at radius 2 is 2.00 bits per heavy atom. The Morgan fingerprint density at radius 3 is 2.67 bits per heavy atom. The van der Waals surface area contributed by atoms with Gasteiger partial charge in [0, 0.05) is 13.2 Å². The van der Waals surface area contributed by atoms with Crippen LogP contribution < -0.4 is 0 Å². The Labute approximate surface area is 91.9 Å². The minimum atomic E-state index is 0.257. The van der Waals surface area contributed by atoms with Crippen LogP contribution in [0.15, 0.2) is 18.2 Å². The maximum atomic E-state index is 8.60. The summed E-state index contributed by atoms with van der Waals surface area (Å²) in [5.41, 5.74) is 3.83. The smallest absolute Gasteiger partial charge is 0.0719 e. The summed E-state index contributed by atoms with van der Waals surface area (Å²) in [4.78, 5) is 0. The van der Waals surface area contributed by atoms with Gasteiger partial charge in [-0.25, -0.2) is 0 Å². The Balaban J connectivity index is 2.31. The SMILES string of the molecule is Cc1ccc(COCCCCO)c(C)c1. The predicted octanol–water partition coefficient (Wildman–Crippen LogP) is 2.59. The summed E-state index contributed by atoms with van der Waals surface area (Å²) >= 11 is 0. The third-order valence-corrected chi connectivity index (χ3v) is 2.45. The molecular weight excluding hydrogens is 188 g/mol. The summed E-state index contributed by atoms with van der Waals surface area (Å²) in [5, 5.41) is 8.60. The fourth-order valence-corrected chi connectivity index (χ4v) is 1.51. The monoisotopic (exact) mass is 208 g/mol. The van der Waals surface area contributed by atoms with Gasteiger partial charge >= 0.3 is 0 Å². The van der Waals surface area contributed by atoms with Gasteiger partial charge in [0.2, 0.25) is 0 Å². The first kappa shape index (κ1) is 12.2. The molecule has 0 aliphatic heterocycles. The van der Waals surface area contributed by atoms with Crippen molar-refractivity contribution in [2.75, 3.05) is 13.2 Å². The highest BCUT2D eigenvalue weighted by molar-refractivity contribution is 5.29. The van der Waals surface area contributed by atoms with Gasteiger partial charge in [0.25, 0.3) is 0 Å². The number of unbranched alkanes of at least 4 members (excludes halogenated alkanes) is 1. The molecule has 1 aromatic carbocycles. The van der Waals surface area contributed by atoms with Crippen LogP contribution in [0.1, 0.15) is 29.5 Å². The third-order valence-electron chi connectivity index (χ3n) is 2.45. The van der Waals surface area contributed by atoms with Crippen LogP contribution in [0.4, 0.5) is 0 Å². The highest BCUT2D eigenvalue weighted by Crippen LogP contribution is 2.11. The van der Waals surface area contributed by atoms with Gasteiger partial charge in [0.1, 0.15) is 0 Å². The van der Waals surface area contributed by atoms with Crippen molar-refractivity contribution in [2.45, 2.75) is 33.3 Å². The quantitative estimate of drug-likeness (QED) is 0.728. The van der Waals surface area contributed by atoms with Crippen LogP contribution in [0, 0.1) is 13.8 Å². The Bertz CT molecular complexity index is 295. The molecule has 84 valence electrons. The van der Waals surface area contributed by atoms with Crippen LogP contribution in [0.2, 0.25) is 0 Å². The van der Waals surface area contributed by atoms with Crippen molar-refractivity contribution < 1.29 is 9.84 Å². The molecule has 1 N–H and O–H groups in total. The number of rotatable bonds is 6. The number of benzene rings is 1. The molecular formula is C13H20O2. The van der Waals surface area contributed by atoms with Crippen LogP contribution in [0.25, 0.3) is 0 Å². The topological polar surface area (TPSA) is 29.5 Å². The summed E-state index contributed by atoms with van der Waals surface area (Å²) in [6.45, 7) is 5.87. The van der Waals surface area contributed by atoms with Crippen molar-refractivity contribution >= 4 is 0 Å². The second kappa shape index (κ2) is 6.59. The predicted molar refractivity (Wildman–Crippen MR) is 61.9 cm³/mol. The van der Waals surface area contributed by atoms with Crippen molar-refractivity contribution in [1.29, 1.82) is 0 Å². The molecule has 2 heteroatoms. The third kappa shape index (κ3) is 4.45. The zero-order valence-electron chi connectivity index (χ0n) is 9.62. The molecule has 0 unspecified atom stereocenters. The van der Waals surface area contributed by atoms with Crippen molar-refractivity contribution in [3.05, 3.63) is 34.9 Å². The van der Waals surface area contributed by atoms with Gasteiger partial charge in [-0.1, -0.05) is 23.8 Å².